The lowest BCUT2D eigenvalue weighted by molar-refractivity contribution is 0.194. The highest BCUT2D eigenvalue weighted by atomic mass is 16.4. The van der Waals surface area contributed by atoms with E-state index in [9.17, 15) is 9.59 Å². The topological polar surface area (TPSA) is 103 Å². The normalized spacial score (nSPS) is 10.1. The first kappa shape index (κ1) is 14.6. The maximum atomic E-state index is 11.6. The van der Waals surface area contributed by atoms with Gasteiger partial charge in [0.2, 0.25) is 0 Å². The largest absolute Gasteiger partial charge is 0.465 e. The Hall–Kier alpha value is -2.83. The number of hydrogen-bond acceptors (Lipinski definition) is 3. The lowest BCUT2D eigenvalue weighted by Gasteiger charge is -2.10. The third kappa shape index (κ3) is 3.82. The van der Waals surface area contributed by atoms with Gasteiger partial charge in [0.15, 0.2) is 0 Å². The number of pyridine rings is 1. The van der Waals surface area contributed by atoms with Crippen molar-refractivity contribution in [2.45, 2.75) is 13.5 Å². The molecule has 0 radical (unpaired) electrons. The molecule has 7 heteroatoms. The Morgan fingerprint density at radius 2 is 2.00 bits per heavy atom. The van der Waals surface area contributed by atoms with E-state index in [0.29, 0.717) is 18.1 Å². The van der Waals surface area contributed by atoms with E-state index in [1.165, 1.54) is 0 Å². The number of rotatable bonds is 4. The van der Waals surface area contributed by atoms with Crippen LogP contribution < -0.4 is 16.0 Å². The van der Waals surface area contributed by atoms with Gasteiger partial charge in [0.1, 0.15) is 5.82 Å². The summed E-state index contributed by atoms with van der Waals surface area (Å²) in [6.45, 7) is 2.39. The van der Waals surface area contributed by atoms with E-state index in [1.54, 1.807) is 6.07 Å². The van der Waals surface area contributed by atoms with Gasteiger partial charge in [-0.15, -0.1) is 0 Å². The van der Waals surface area contributed by atoms with E-state index in [0.717, 1.165) is 10.8 Å². The van der Waals surface area contributed by atoms with Crippen LogP contribution in [0.4, 0.5) is 15.4 Å². The number of hydrogen-bond donors (Lipinski definition) is 4. The average Bonchev–Trinajstić information content (AvgIpc) is 2.44. The van der Waals surface area contributed by atoms with Gasteiger partial charge in [0.25, 0.3) is 0 Å². The second kappa shape index (κ2) is 6.56. The van der Waals surface area contributed by atoms with Crippen molar-refractivity contribution >= 4 is 28.7 Å². The van der Waals surface area contributed by atoms with Crippen LogP contribution in [0.5, 0.6) is 0 Å². The van der Waals surface area contributed by atoms with Gasteiger partial charge in [-0.1, -0.05) is 24.3 Å². The number of nitrogens with one attached hydrogen (secondary N) is 3. The zero-order valence-corrected chi connectivity index (χ0v) is 11.5. The van der Waals surface area contributed by atoms with E-state index < -0.39 is 6.09 Å². The summed E-state index contributed by atoms with van der Waals surface area (Å²) < 4.78 is 0. The van der Waals surface area contributed by atoms with Crippen LogP contribution in [-0.2, 0) is 6.54 Å². The second-order valence-electron chi connectivity index (χ2n) is 4.32. The van der Waals surface area contributed by atoms with E-state index in [-0.39, 0.29) is 12.6 Å². The first-order valence-corrected chi connectivity index (χ1v) is 6.50. The van der Waals surface area contributed by atoms with Crippen molar-refractivity contribution in [3.8, 4) is 0 Å². The maximum Gasteiger partial charge on any atom is 0.404 e. The number of nitrogens with zero attached hydrogens (tertiary/aromatic N) is 1. The molecule has 110 valence electrons. The van der Waals surface area contributed by atoms with Crippen LogP contribution in [0.25, 0.3) is 10.8 Å². The van der Waals surface area contributed by atoms with Gasteiger partial charge in [-0.2, -0.15) is 0 Å². The van der Waals surface area contributed by atoms with Crippen molar-refractivity contribution in [2.24, 2.45) is 0 Å². The Morgan fingerprint density at radius 1 is 1.24 bits per heavy atom. The molecular formula is C14H16N4O3. The zero-order valence-electron chi connectivity index (χ0n) is 11.5. The van der Waals surface area contributed by atoms with E-state index in [2.05, 4.69) is 20.9 Å². The highest BCUT2D eigenvalue weighted by Gasteiger charge is 2.09. The third-order valence-electron chi connectivity index (χ3n) is 2.81. The molecule has 0 aliphatic carbocycles. The number of amides is 3. The smallest absolute Gasteiger partial charge is 0.404 e. The van der Waals surface area contributed by atoms with Crippen molar-refractivity contribution in [3.05, 3.63) is 36.0 Å². The number of carbonyl (C=O) groups is 2. The molecule has 0 saturated carbocycles. The lowest BCUT2D eigenvalue weighted by Crippen LogP contribution is -2.29. The van der Waals surface area contributed by atoms with Gasteiger partial charge in [0, 0.05) is 11.9 Å². The van der Waals surface area contributed by atoms with Gasteiger partial charge in [-0.3, -0.25) is 5.32 Å². The molecule has 1 aromatic heterocycles. The molecule has 1 heterocycles. The molecule has 0 atom stereocenters. The minimum absolute atomic E-state index is 0.0702. The molecule has 0 saturated heterocycles. The highest BCUT2D eigenvalue weighted by Crippen LogP contribution is 2.20. The average molecular weight is 288 g/mol. The Labute approximate surface area is 121 Å². The molecule has 2 rings (SSSR count). The van der Waals surface area contributed by atoms with Crippen molar-refractivity contribution in [3.63, 3.8) is 0 Å². The molecule has 2 aromatic rings. The Balaban J connectivity index is 2.34. The first-order valence-electron chi connectivity index (χ1n) is 6.50. The number of carboxylic acid groups (broad SMARTS) is 1. The van der Waals surface area contributed by atoms with Crippen LogP contribution in [0.3, 0.4) is 0 Å². The standard InChI is InChI=1S/C14H16N4O3/c1-2-15-13(19)18-12-7-9-5-3-4-6-10(9)11(17-12)8-16-14(20)21/h3-7,16H,2,8H2,1H3,(H,20,21)(H2,15,17,18,19). The van der Waals surface area contributed by atoms with Gasteiger partial charge in [-0.25, -0.2) is 14.6 Å². The summed E-state index contributed by atoms with van der Waals surface area (Å²) in [5.74, 6) is 0.377. The minimum atomic E-state index is -1.12. The van der Waals surface area contributed by atoms with Crippen molar-refractivity contribution in [1.29, 1.82) is 0 Å². The highest BCUT2D eigenvalue weighted by molar-refractivity contribution is 5.92. The first-order chi connectivity index (χ1) is 10.1. The minimum Gasteiger partial charge on any atom is -0.465 e. The molecule has 0 bridgehead atoms. The Morgan fingerprint density at radius 3 is 2.71 bits per heavy atom. The molecule has 3 amide bonds. The molecule has 21 heavy (non-hydrogen) atoms. The van der Waals surface area contributed by atoms with Crippen LogP contribution in [0.2, 0.25) is 0 Å². The zero-order chi connectivity index (χ0) is 15.2. The molecule has 4 N–H and O–H groups in total. The van der Waals surface area contributed by atoms with E-state index >= 15 is 0 Å². The van der Waals surface area contributed by atoms with Gasteiger partial charge >= 0.3 is 12.1 Å². The van der Waals surface area contributed by atoms with Gasteiger partial charge in [-0.05, 0) is 18.4 Å². The fraction of sp³-hybridized carbons (Fsp3) is 0.214. The molecule has 7 nitrogen and oxygen atoms in total. The Bertz CT molecular complexity index is 672. The summed E-state index contributed by atoms with van der Waals surface area (Å²) in [5.41, 5.74) is 0.558. The molecule has 0 fully saturated rings. The second-order valence-corrected chi connectivity index (χ2v) is 4.32. The van der Waals surface area contributed by atoms with Crippen molar-refractivity contribution in [2.75, 3.05) is 11.9 Å². The van der Waals surface area contributed by atoms with E-state index in [4.69, 9.17) is 5.11 Å². The fourth-order valence-corrected chi connectivity index (χ4v) is 1.95. The number of fused-ring (bicyclic) bond motifs is 1. The van der Waals surface area contributed by atoms with Crippen LogP contribution in [-0.4, -0.2) is 28.8 Å². The summed E-state index contributed by atoms with van der Waals surface area (Å²) in [6.07, 6.45) is -1.12. The molecule has 0 aliphatic rings. The monoisotopic (exact) mass is 288 g/mol. The summed E-state index contributed by atoms with van der Waals surface area (Å²) >= 11 is 0. The number of aromatic nitrogens is 1. The van der Waals surface area contributed by atoms with Gasteiger partial charge in [0.05, 0.1) is 12.2 Å². The van der Waals surface area contributed by atoms with Crippen LogP contribution in [0.15, 0.2) is 30.3 Å². The summed E-state index contributed by atoms with van der Waals surface area (Å²) in [7, 11) is 0. The molecule has 0 aliphatic heterocycles. The summed E-state index contributed by atoms with van der Waals surface area (Å²) in [4.78, 5) is 26.5. The predicted molar refractivity (Wildman–Crippen MR) is 79.3 cm³/mol. The summed E-state index contributed by atoms with van der Waals surface area (Å²) in [5, 5.41) is 18.0. The number of anilines is 1. The van der Waals surface area contributed by atoms with Crippen molar-refractivity contribution < 1.29 is 14.7 Å². The third-order valence-corrected chi connectivity index (χ3v) is 2.81. The summed E-state index contributed by atoms with van der Waals surface area (Å²) in [6, 6.07) is 8.85. The maximum absolute atomic E-state index is 11.6. The van der Waals surface area contributed by atoms with E-state index in [1.807, 2.05) is 31.2 Å². The van der Waals surface area contributed by atoms with Crippen LogP contribution in [0, 0.1) is 0 Å². The molecule has 1 aromatic carbocycles. The van der Waals surface area contributed by atoms with Gasteiger partial charge < -0.3 is 15.7 Å². The number of carbonyl (C=O) groups excluding carboxylic acids is 1. The van der Waals surface area contributed by atoms with Crippen molar-refractivity contribution in [1.82, 2.24) is 15.6 Å². The lowest BCUT2D eigenvalue weighted by atomic mass is 10.1. The SMILES string of the molecule is CCNC(=O)Nc1cc2ccccc2c(CNC(=O)O)n1. The molecular weight excluding hydrogens is 272 g/mol. The van der Waals surface area contributed by atoms with Crippen LogP contribution >= 0.6 is 0 Å². The quantitative estimate of drug-likeness (QED) is 0.692. The Kier molecular flexibility index (Phi) is 4.55. The molecule has 0 spiro atoms. The number of urea groups is 1. The van der Waals surface area contributed by atoms with Crippen LogP contribution in [0.1, 0.15) is 12.6 Å². The fourth-order valence-electron chi connectivity index (χ4n) is 1.95. The predicted octanol–water partition coefficient (Wildman–Crippen LogP) is 2.14. The molecule has 0 unspecified atom stereocenters. The number of benzene rings is 1.